The smallest absolute Gasteiger partial charge is 0.270 e. The average Bonchev–Trinajstić information content (AvgIpc) is 3.04. The van der Waals surface area contributed by atoms with Gasteiger partial charge in [0.1, 0.15) is 0 Å². The summed E-state index contributed by atoms with van der Waals surface area (Å²) in [5.41, 5.74) is 1.03. The maximum Gasteiger partial charge on any atom is 0.270 e. The third-order valence-corrected chi connectivity index (χ3v) is 3.61. The Morgan fingerprint density at radius 2 is 2.29 bits per heavy atom. The number of rotatable bonds is 5. The van der Waals surface area contributed by atoms with Crippen LogP contribution < -0.4 is 5.32 Å². The molecule has 0 radical (unpaired) electrons. The minimum Gasteiger partial charge on any atom is -0.382 e. The molecule has 1 aliphatic rings. The van der Waals surface area contributed by atoms with Gasteiger partial charge >= 0.3 is 0 Å². The van der Waals surface area contributed by atoms with Crippen molar-refractivity contribution in [1.82, 2.24) is 0 Å². The molecule has 1 aromatic rings. The molecular formula is C12H15BrN2O2. The Kier molecular flexibility index (Phi) is 3.66. The van der Waals surface area contributed by atoms with Crippen molar-refractivity contribution in [3.63, 3.8) is 0 Å². The number of nitro groups is 1. The van der Waals surface area contributed by atoms with Gasteiger partial charge in [0.05, 0.1) is 4.92 Å². The average molecular weight is 299 g/mol. The second-order valence-electron chi connectivity index (χ2n) is 4.65. The summed E-state index contributed by atoms with van der Waals surface area (Å²) in [6, 6.07) is 5.22. The molecule has 1 atom stereocenters. The van der Waals surface area contributed by atoms with E-state index >= 15 is 0 Å². The first kappa shape index (κ1) is 12.4. The van der Waals surface area contributed by atoms with Crippen LogP contribution in [0.4, 0.5) is 11.4 Å². The van der Waals surface area contributed by atoms with Gasteiger partial charge < -0.3 is 5.32 Å². The third-order valence-electron chi connectivity index (χ3n) is 2.95. The quantitative estimate of drug-likeness (QED) is 0.661. The lowest BCUT2D eigenvalue weighted by atomic mass is 10.1. The summed E-state index contributed by atoms with van der Waals surface area (Å²) in [4.78, 5) is 10.2. The fraction of sp³-hybridized carbons (Fsp3) is 0.500. The molecule has 0 aromatic heterocycles. The largest absolute Gasteiger partial charge is 0.382 e. The maximum absolute atomic E-state index is 10.6. The van der Waals surface area contributed by atoms with Gasteiger partial charge in [-0.3, -0.25) is 10.1 Å². The molecule has 1 fully saturated rings. The number of non-ortho nitro benzene ring substituents is 1. The molecule has 2 rings (SSSR count). The molecule has 4 nitrogen and oxygen atoms in total. The van der Waals surface area contributed by atoms with Crippen molar-refractivity contribution in [2.75, 3.05) is 5.32 Å². The van der Waals surface area contributed by atoms with Crippen LogP contribution in [0.25, 0.3) is 0 Å². The Balaban J connectivity index is 2.02. The van der Waals surface area contributed by atoms with Gasteiger partial charge in [-0.2, -0.15) is 0 Å². The van der Waals surface area contributed by atoms with E-state index in [0.717, 1.165) is 16.1 Å². The predicted molar refractivity (Wildman–Crippen MR) is 71.2 cm³/mol. The SMILES string of the molecule is CC(CC1CC1)Nc1ccc([N+](=O)[O-])cc1Br. The molecular weight excluding hydrogens is 284 g/mol. The van der Waals surface area contributed by atoms with Crippen molar-refractivity contribution in [2.45, 2.75) is 32.2 Å². The minimum absolute atomic E-state index is 0.109. The van der Waals surface area contributed by atoms with Crippen LogP contribution in [0, 0.1) is 16.0 Å². The van der Waals surface area contributed by atoms with E-state index in [9.17, 15) is 10.1 Å². The molecule has 0 bridgehead atoms. The lowest BCUT2D eigenvalue weighted by Gasteiger charge is -2.15. The van der Waals surface area contributed by atoms with Gasteiger partial charge in [0.15, 0.2) is 0 Å². The summed E-state index contributed by atoms with van der Waals surface area (Å²) in [5, 5.41) is 14.0. The lowest BCUT2D eigenvalue weighted by molar-refractivity contribution is -0.384. The Morgan fingerprint density at radius 1 is 1.59 bits per heavy atom. The van der Waals surface area contributed by atoms with Crippen molar-refractivity contribution in [3.8, 4) is 0 Å². The van der Waals surface area contributed by atoms with E-state index in [4.69, 9.17) is 0 Å². The zero-order valence-electron chi connectivity index (χ0n) is 9.65. The number of halogens is 1. The van der Waals surface area contributed by atoms with E-state index < -0.39 is 0 Å². The van der Waals surface area contributed by atoms with Crippen LogP contribution in [0.15, 0.2) is 22.7 Å². The van der Waals surface area contributed by atoms with Gasteiger partial charge in [0.25, 0.3) is 5.69 Å². The molecule has 0 saturated heterocycles. The van der Waals surface area contributed by atoms with Crippen molar-refractivity contribution < 1.29 is 4.92 Å². The Labute approximate surface area is 109 Å². The van der Waals surface area contributed by atoms with Crippen LogP contribution in [-0.4, -0.2) is 11.0 Å². The van der Waals surface area contributed by atoms with E-state index in [-0.39, 0.29) is 10.6 Å². The molecule has 17 heavy (non-hydrogen) atoms. The highest BCUT2D eigenvalue weighted by molar-refractivity contribution is 9.10. The highest BCUT2D eigenvalue weighted by atomic mass is 79.9. The predicted octanol–water partition coefficient (Wildman–Crippen LogP) is 3.96. The van der Waals surface area contributed by atoms with Crippen LogP contribution >= 0.6 is 15.9 Å². The van der Waals surface area contributed by atoms with Crippen LogP contribution in [0.5, 0.6) is 0 Å². The number of nitro benzene ring substituents is 1. The summed E-state index contributed by atoms with van der Waals surface area (Å²) >= 11 is 3.36. The molecule has 1 saturated carbocycles. The highest BCUT2D eigenvalue weighted by Crippen LogP contribution is 2.35. The Morgan fingerprint density at radius 3 is 2.82 bits per heavy atom. The van der Waals surface area contributed by atoms with Gasteiger partial charge in [-0.15, -0.1) is 0 Å². The van der Waals surface area contributed by atoms with E-state index in [1.807, 2.05) is 0 Å². The molecule has 0 heterocycles. The maximum atomic E-state index is 10.6. The molecule has 1 N–H and O–H groups in total. The summed E-state index contributed by atoms with van der Waals surface area (Å²) < 4.78 is 0.745. The molecule has 5 heteroatoms. The minimum atomic E-state index is -0.387. The van der Waals surface area contributed by atoms with Gasteiger partial charge in [-0.1, -0.05) is 12.8 Å². The summed E-state index contributed by atoms with van der Waals surface area (Å²) in [5.74, 6) is 0.870. The second kappa shape index (κ2) is 5.04. The number of hydrogen-bond donors (Lipinski definition) is 1. The third kappa shape index (κ3) is 3.43. The monoisotopic (exact) mass is 298 g/mol. The first-order valence-corrected chi connectivity index (χ1v) is 6.56. The van der Waals surface area contributed by atoms with Gasteiger partial charge in [-0.25, -0.2) is 0 Å². The first-order valence-electron chi connectivity index (χ1n) is 5.76. The molecule has 1 unspecified atom stereocenters. The van der Waals surface area contributed by atoms with E-state index in [1.54, 1.807) is 6.07 Å². The van der Waals surface area contributed by atoms with E-state index in [2.05, 4.69) is 28.2 Å². The zero-order valence-corrected chi connectivity index (χ0v) is 11.2. The fourth-order valence-corrected chi connectivity index (χ4v) is 2.39. The summed E-state index contributed by atoms with van der Waals surface area (Å²) in [6.07, 6.45) is 3.85. The highest BCUT2D eigenvalue weighted by Gasteiger charge is 2.23. The van der Waals surface area contributed by atoms with Crippen molar-refractivity contribution in [1.29, 1.82) is 0 Å². The van der Waals surface area contributed by atoms with Crippen LogP contribution in [0.3, 0.4) is 0 Å². The lowest BCUT2D eigenvalue weighted by Crippen LogP contribution is -2.16. The normalized spacial score (nSPS) is 16.6. The van der Waals surface area contributed by atoms with Crippen LogP contribution in [0.1, 0.15) is 26.2 Å². The Bertz CT molecular complexity index is 433. The summed E-state index contributed by atoms with van der Waals surface area (Å²) in [7, 11) is 0. The topological polar surface area (TPSA) is 55.2 Å². The molecule has 1 aromatic carbocycles. The van der Waals surface area contributed by atoms with E-state index in [1.165, 1.54) is 31.4 Å². The summed E-state index contributed by atoms with van der Waals surface area (Å²) in [6.45, 7) is 2.15. The molecule has 92 valence electrons. The van der Waals surface area contributed by atoms with Crippen LogP contribution in [0.2, 0.25) is 0 Å². The first-order chi connectivity index (χ1) is 8.06. The fourth-order valence-electron chi connectivity index (χ4n) is 1.91. The molecule has 0 amide bonds. The van der Waals surface area contributed by atoms with Crippen molar-refractivity contribution in [3.05, 3.63) is 32.8 Å². The number of benzene rings is 1. The second-order valence-corrected chi connectivity index (χ2v) is 5.50. The van der Waals surface area contributed by atoms with Crippen LogP contribution in [-0.2, 0) is 0 Å². The molecule has 0 aliphatic heterocycles. The van der Waals surface area contributed by atoms with Crippen molar-refractivity contribution in [2.24, 2.45) is 5.92 Å². The van der Waals surface area contributed by atoms with Gasteiger partial charge in [0, 0.05) is 28.3 Å². The van der Waals surface area contributed by atoms with Gasteiger partial charge in [-0.05, 0) is 41.3 Å². The molecule has 1 aliphatic carbocycles. The number of nitrogens with one attached hydrogen (secondary N) is 1. The zero-order chi connectivity index (χ0) is 12.4. The number of anilines is 1. The standard InChI is InChI=1S/C12H15BrN2O2/c1-8(6-9-2-3-9)14-12-5-4-10(15(16)17)7-11(12)13/h4-5,7-9,14H,2-3,6H2,1H3. The number of hydrogen-bond acceptors (Lipinski definition) is 3. The van der Waals surface area contributed by atoms with Gasteiger partial charge in [0.2, 0.25) is 0 Å². The van der Waals surface area contributed by atoms with Crippen molar-refractivity contribution >= 4 is 27.3 Å². The Hall–Kier alpha value is -1.10. The number of nitrogens with zero attached hydrogens (tertiary/aromatic N) is 1. The molecule has 0 spiro atoms. The van der Waals surface area contributed by atoms with E-state index in [0.29, 0.717) is 6.04 Å².